The van der Waals surface area contributed by atoms with Crippen LogP contribution in [0.25, 0.3) is 0 Å². The number of hydrogen-bond acceptors (Lipinski definition) is 5. The number of anilines is 3. The lowest BCUT2D eigenvalue weighted by Crippen LogP contribution is -2.16. The third-order valence-corrected chi connectivity index (χ3v) is 3.40. The SMILES string of the molecule is Cc1nc(CN(C)c2ccc(N)c(N)c2)cs1. The van der Waals surface area contributed by atoms with Gasteiger partial charge in [0.25, 0.3) is 0 Å². The van der Waals surface area contributed by atoms with Crippen molar-refractivity contribution >= 4 is 28.4 Å². The molecule has 4 N–H and O–H groups in total. The first-order chi connectivity index (χ1) is 8.06. The number of benzene rings is 1. The summed E-state index contributed by atoms with van der Waals surface area (Å²) in [5.41, 5.74) is 14.8. The Kier molecular flexibility index (Phi) is 3.19. The number of hydrogen-bond donors (Lipinski definition) is 2. The van der Waals surface area contributed by atoms with Gasteiger partial charge in [0.2, 0.25) is 0 Å². The molecule has 0 spiro atoms. The van der Waals surface area contributed by atoms with E-state index >= 15 is 0 Å². The maximum atomic E-state index is 5.79. The molecule has 0 radical (unpaired) electrons. The first-order valence-corrected chi connectivity index (χ1v) is 6.21. The molecule has 2 rings (SSSR count). The van der Waals surface area contributed by atoms with Crippen molar-refractivity contribution in [3.05, 3.63) is 34.3 Å². The molecule has 0 aliphatic rings. The van der Waals surface area contributed by atoms with Crippen LogP contribution in [0.5, 0.6) is 0 Å². The maximum Gasteiger partial charge on any atom is 0.0898 e. The molecule has 0 saturated heterocycles. The first kappa shape index (κ1) is 11.7. The highest BCUT2D eigenvalue weighted by Crippen LogP contribution is 2.23. The molecule has 0 atom stereocenters. The highest BCUT2D eigenvalue weighted by atomic mass is 32.1. The zero-order chi connectivity index (χ0) is 12.4. The molecule has 17 heavy (non-hydrogen) atoms. The van der Waals surface area contributed by atoms with Crippen LogP contribution >= 0.6 is 11.3 Å². The van der Waals surface area contributed by atoms with E-state index in [0.29, 0.717) is 11.4 Å². The summed E-state index contributed by atoms with van der Waals surface area (Å²) in [4.78, 5) is 6.54. The van der Waals surface area contributed by atoms with Crippen molar-refractivity contribution in [2.75, 3.05) is 23.4 Å². The van der Waals surface area contributed by atoms with Crippen LogP contribution in [0, 0.1) is 6.92 Å². The monoisotopic (exact) mass is 248 g/mol. The van der Waals surface area contributed by atoms with E-state index < -0.39 is 0 Å². The number of nitrogens with two attached hydrogens (primary N) is 2. The normalized spacial score (nSPS) is 10.5. The fraction of sp³-hybridized carbons (Fsp3) is 0.250. The van der Waals surface area contributed by atoms with E-state index in [1.165, 1.54) is 0 Å². The van der Waals surface area contributed by atoms with Gasteiger partial charge in [0.15, 0.2) is 0 Å². The lowest BCUT2D eigenvalue weighted by atomic mass is 10.2. The van der Waals surface area contributed by atoms with E-state index in [0.717, 1.165) is 22.9 Å². The number of aromatic nitrogens is 1. The number of rotatable bonds is 3. The van der Waals surface area contributed by atoms with Gasteiger partial charge in [-0.05, 0) is 25.1 Å². The molecular formula is C12H16N4S. The fourth-order valence-electron chi connectivity index (χ4n) is 1.61. The molecule has 1 heterocycles. The minimum Gasteiger partial charge on any atom is -0.397 e. The standard InChI is InChI=1S/C12H16N4S/c1-8-15-9(7-17-8)6-16(2)10-3-4-11(13)12(14)5-10/h3-5,7H,6,13-14H2,1-2H3. The predicted molar refractivity (Wildman–Crippen MR) is 74.2 cm³/mol. The van der Waals surface area contributed by atoms with Gasteiger partial charge >= 0.3 is 0 Å². The van der Waals surface area contributed by atoms with Crippen molar-refractivity contribution in [2.45, 2.75) is 13.5 Å². The second-order valence-corrected chi connectivity index (χ2v) is 5.09. The zero-order valence-electron chi connectivity index (χ0n) is 9.97. The molecule has 5 heteroatoms. The van der Waals surface area contributed by atoms with Gasteiger partial charge in [-0.25, -0.2) is 4.98 Å². The van der Waals surface area contributed by atoms with Crippen LogP contribution < -0.4 is 16.4 Å². The van der Waals surface area contributed by atoms with Crippen molar-refractivity contribution in [2.24, 2.45) is 0 Å². The molecule has 4 nitrogen and oxygen atoms in total. The Morgan fingerprint density at radius 1 is 1.29 bits per heavy atom. The van der Waals surface area contributed by atoms with Gasteiger partial charge in [0.1, 0.15) is 0 Å². The summed E-state index contributed by atoms with van der Waals surface area (Å²) in [5, 5.41) is 3.16. The summed E-state index contributed by atoms with van der Waals surface area (Å²) >= 11 is 1.66. The molecule has 2 aromatic rings. The topological polar surface area (TPSA) is 68.2 Å². The highest BCUT2D eigenvalue weighted by molar-refractivity contribution is 7.09. The van der Waals surface area contributed by atoms with E-state index in [-0.39, 0.29) is 0 Å². The van der Waals surface area contributed by atoms with Crippen molar-refractivity contribution in [3.8, 4) is 0 Å². The average Bonchev–Trinajstić information content (AvgIpc) is 2.68. The van der Waals surface area contributed by atoms with Crippen molar-refractivity contribution < 1.29 is 0 Å². The molecule has 0 fully saturated rings. The van der Waals surface area contributed by atoms with E-state index in [9.17, 15) is 0 Å². The van der Waals surface area contributed by atoms with Crippen molar-refractivity contribution in [1.29, 1.82) is 0 Å². The smallest absolute Gasteiger partial charge is 0.0898 e. The van der Waals surface area contributed by atoms with E-state index in [2.05, 4.69) is 15.3 Å². The van der Waals surface area contributed by atoms with Gasteiger partial charge in [-0.1, -0.05) is 0 Å². The number of thiazole rings is 1. The van der Waals surface area contributed by atoms with Crippen LogP contribution in [0.4, 0.5) is 17.1 Å². The summed E-state index contributed by atoms with van der Waals surface area (Å²) in [7, 11) is 2.01. The first-order valence-electron chi connectivity index (χ1n) is 5.33. The Bertz CT molecular complexity index is 521. The Hall–Kier alpha value is -1.75. The largest absolute Gasteiger partial charge is 0.397 e. The predicted octanol–water partition coefficient (Wildman–Crippen LogP) is 2.25. The molecule has 90 valence electrons. The molecule has 0 unspecified atom stereocenters. The summed E-state index contributed by atoms with van der Waals surface area (Å²) in [6.07, 6.45) is 0. The van der Waals surface area contributed by atoms with Crippen LogP contribution in [0.1, 0.15) is 10.7 Å². The molecule has 0 bridgehead atoms. The Labute approximate surface area is 105 Å². The van der Waals surface area contributed by atoms with Crippen molar-refractivity contribution in [3.63, 3.8) is 0 Å². The summed E-state index contributed by atoms with van der Waals surface area (Å²) in [5.74, 6) is 0. The quantitative estimate of drug-likeness (QED) is 0.817. The number of nitrogen functional groups attached to an aromatic ring is 2. The third-order valence-electron chi connectivity index (χ3n) is 2.58. The van der Waals surface area contributed by atoms with Crippen LogP contribution in [0.3, 0.4) is 0 Å². The van der Waals surface area contributed by atoms with Gasteiger partial charge in [-0.3, -0.25) is 0 Å². The second kappa shape index (κ2) is 4.63. The highest BCUT2D eigenvalue weighted by Gasteiger charge is 2.06. The minimum absolute atomic E-state index is 0.615. The van der Waals surface area contributed by atoms with E-state index in [1.807, 2.05) is 32.2 Å². The third kappa shape index (κ3) is 2.68. The molecule has 1 aromatic heterocycles. The molecule has 0 saturated carbocycles. The molecule has 0 aliphatic carbocycles. The van der Waals surface area contributed by atoms with Crippen molar-refractivity contribution in [1.82, 2.24) is 4.98 Å². The molecule has 0 aliphatic heterocycles. The number of nitrogens with zero attached hydrogens (tertiary/aromatic N) is 2. The van der Waals surface area contributed by atoms with Crippen LogP contribution in [-0.4, -0.2) is 12.0 Å². The zero-order valence-corrected chi connectivity index (χ0v) is 10.8. The number of aryl methyl sites for hydroxylation is 1. The maximum absolute atomic E-state index is 5.79. The summed E-state index contributed by atoms with van der Waals surface area (Å²) in [6, 6.07) is 5.67. The van der Waals surface area contributed by atoms with Gasteiger partial charge < -0.3 is 16.4 Å². The van der Waals surface area contributed by atoms with Crippen LogP contribution in [0.15, 0.2) is 23.6 Å². The summed E-state index contributed by atoms with van der Waals surface area (Å²) in [6.45, 7) is 2.78. The van der Waals surface area contributed by atoms with Crippen LogP contribution in [0.2, 0.25) is 0 Å². The molecule has 1 aromatic carbocycles. The Balaban J connectivity index is 2.14. The van der Waals surface area contributed by atoms with E-state index in [4.69, 9.17) is 11.5 Å². The fourth-order valence-corrected chi connectivity index (χ4v) is 2.22. The summed E-state index contributed by atoms with van der Waals surface area (Å²) < 4.78 is 0. The Morgan fingerprint density at radius 3 is 2.65 bits per heavy atom. The van der Waals surface area contributed by atoms with Gasteiger partial charge in [-0.15, -0.1) is 11.3 Å². The minimum atomic E-state index is 0.615. The lowest BCUT2D eigenvalue weighted by molar-refractivity contribution is 0.890. The van der Waals surface area contributed by atoms with E-state index in [1.54, 1.807) is 11.3 Å². The average molecular weight is 248 g/mol. The van der Waals surface area contributed by atoms with Crippen LogP contribution in [-0.2, 0) is 6.54 Å². The second-order valence-electron chi connectivity index (χ2n) is 4.03. The van der Waals surface area contributed by atoms with Gasteiger partial charge in [-0.2, -0.15) is 0 Å². The van der Waals surface area contributed by atoms with Gasteiger partial charge in [0.05, 0.1) is 28.6 Å². The molecule has 0 amide bonds. The molecular weight excluding hydrogens is 232 g/mol. The lowest BCUT2D eigenvalue weighted by Gasteiger charge is -2.18. The Morgan fingerprint density at radius 2 is 2.06 bits per heavy atom. The van der Waals surface area contributed by atoms with Gasteiger partial charge in [0, 0.05) is 18.1 Å².